The number of benzene rings is 1. The van der Waals surface area contributed by atoms with E-state index in [4.69, 9.17) is 4.74 Å². The van der Waals surface area contributed by atoms with Crippen LogP contribution in [0.25, 0.3) is 0 Å². The fourth-order valence-corrected chi connectivity index (χ4v) is 2.52. The summed E-state index contributed by atoms with van der Waals surface area (Å²) in [6.45, 7) is 5.81. The summed E-state index contributed by atoms with van der Waals surface area (Å²) in [6, 6.07) is 7.67. The largest absolute Gasteiger partial charge is 0.481 e. The molecule has 21 heavy (non-hydrogen) atoms. The van der Waals surface area contributed by atoms with Gasteiger partial charge in [-0.25, -0.2) is 0 Å². The molecule has 2 rings (SSSR count). The summed E-state index contributed by atoms with van der Waals surface area (Å²) in [5.74, 6) is 1.14. The van der Waals surface area contributed by atoms with Gasteiger partial charge >= 0.3 is 0 Å². The van der Waals surface area contributed by atoms with Crippen molar-refractivity contribution in [3.63, 3.8) is 0 Å². The van der Waals surface area contributed by atoms with Crippen LogP contribution in [0.2, 0.25) is 0 Å². The van der Waals surface area contributed by atoms with Crippen molar-refractivity contribution in [1.29, 1.82) is 0 Å². The molecule has 118 valence electrons. The first kappa shape index (κ1) is 18.3. The second kappa shape index (κ2) is 8.61. The number of ether oxygens (including phenoxy) is 1. The standard InChI is InChI=1S/C15H21BrN2O2.ClH/c1-10-7-8-17-9-14(10)18-15(19)11(2)20-13-5-3-12(16)4-6-13;/h3-6,10-11,14,17H,7-9H2,1-2H3,(H,18,19);1H. The maximum Gasteiger partial charge on any atom is 0.261 e. The second-order valence-electron chi connectivity index (χ2n) is 5.30. The Kier molecular flexibility index (Phi) is 7.49. The Morgan fingerprint density at radius 1 is 1.43 bits per heavy atom. The van der Waals surface area contributed by atoms with E-state index in [0.29, 0.717) is 11.7 Å². The second-order valence-corrected chi connectivity index (χ2v) is 6.21. The Hall–Kier alpha value is -0.780. The van der Waals surface area contributed by atoms with E-state index in [1.807, 2.05) is 24.3 Å². The molecule has 1 aromatic rings. The minimum absolute atomic E-state index is 0. The number of nitrogens with one attached hydrogen (secondary N) is 2. The first-order valence-corrected chi connectivity index (χ1v) is 7.79. The van der Waals surface area contributed by atoms with Crippen molar-refractivity contribution in [3.8, 4) is 5.75 Å². The summed E-state index contributed by atoms with van der Waals surface area (Å²) in [4.78, 5) is 12.2. The van der Waals surface area contributed by atoms with Crippen LogP contribution in [0.5, 0.6) is 5.75 Å². The van der Waals surface area contributed by atoms with Gasteiger partial charge in [0.2, 0.25) is 0 Å². The molecule has 2 N–H and O–H groups in total. The third-order valence-electron chi connectivity index (χ3n) is 3.65. The predicted molar refractivity (Wildman–Crippen MR) is 90.1 cm³/mol. The molecule has 0 bridgehead atoms. The normalized spacial score (nSPS) is 22.8. The maximum atomic E-state index is 12.2. The first-order chi connectivity index (χ1) is 9.56. The highest BCUT2D eigenvalue weighted by molar-refractivity contribution is 9.10. The summed E-state index contributed by atoms with van der Waals surface area (Å²) in [6.07, 6.45) is 0.595. The molecule has 1 amide bonds. The highest BCUT2D eigenvalue weighted by Crippen LogP contribution is 2.17. The van der Waals surface area contributed by atoms with Crippen molar-refractivity contribution < 1.29 is 9.53 Å². The van der Waals surface area contributed by atoms with E-state index >= 15 is 0 Å². The van der Waals surface area contributed by atoms with Gasteiger partial charge in [-0.15, -0.1) is 12.4 Å². The summed E-state index contributed by atoms with van der Waals surface area (Å²) in [5.41, 5.74) is 0. The molecule has 3 unspecified atom stereocenters. The van der Waals surface area contributed by atoms with Crippen molar-refractivity contribution in [3.05, 3.63) is 28.7 Å². The third-order valence-corrected chi connectivity index (χ3v) is 4.18. The zero-order chi connectivity index (χ0) is 14.5. The van der Waals surface area contributed by atoms with Crippen LogP contribution in [0.4, 0.5) is 0 Å². The van der Waals surface area contributed by atoms with Crippen molar-refractivity contribution in [2.75, 3.05) is 13.1 Å². The van der Waals surface area contributed by atoms with E-state index in [-0.39, 0.29) is 24.4 Å². The van der Waals surface area contributed by atoms with Gasteiger partial charge in [0.1, 0.15) is 5.75 Å². The van der Waals surface area contributed by atoms with Crippen LogP contribution in [0, 0.1) is 5.92 Å². The fourth-order valence-electron chi connectivity index (χ4n) is 2.25. The smallest absolute Gasteiger partial charge is 0.261 e. The van der Waals surface area contributed by atoms with Gasteiger partial charge in [0.15, 0.2) is 6.10 Å². The number of rotatable bonds is 4. The predicted octanol–water partition coefficient (Wildman–Crippen LogP) is 2.75. The molecule has 1 fully saturated rings. The van der Waals surface area contributed by atoms with Gasteiger partial charge in [-0.3, -0.25) is 4.79 Å². The van der Waals surface area contributed by atoms with Gasteiger partial charge in [0, 0.05) is 17.1 Å². The SMILES string of the molecule is CC(Oc1ccc(Br)cc1)C(=O)NC1CNCCC1C.Cl. The number of hydrogen-bond acceptors (Lipinski definition) is 3. The Balaban J connectivity index is 0.00000220. The molecule has 1 aromatic carbocycles. The van der Waals surface area contributed by atoms with Crippen molar-refractivity contribution in [1.82, 2.24) is 10.6 Å². The molecular weight excluding hydrogens is 356 g/mol. The number of halogens is 2. The van der Waals surface area contributed by atoms with Crippen LogP contribution in [0.15, 0.2) is 28.7 Å². The lowest BCUT2D eigenvalue weighted by Crippen LogP contribution is -2.52. The van der Waals surface area contributed by atoms with E-state index in [9.17, 15) is 4.79 Å². The molecule has 0 saturated carbocycles. The minimum Gasteiger partial charge on any atom is -0.481 e. The maximum absolute atomic E-state index is 12.2. The zero-order valence-corrected chi connectivity index (χ0v) is 14.7. The number of carbonyl (C=O) groups excluding carboxylic acids is 1. The zero-order valence-electron chi connectivity index (χ0n) is 12.3. The lowest BCUT2D eigenvalue weighted by atomic mass is 9.95. The van der Waals surface area contributed by atoms with Gasteiger partial charge in [0.05, 0.1) is 0 Å². The Labute approximate surface area is 140 Å². The molecule has 1 saturated heterocycles. The Morgan fingerprint density at radius 3 is 2.71 bits per heavy atom. The van der Waals surface area contributed by atoms with Crippen molar-refractivity contribution in [2.24, 2.45) is 5.92 Å². The van der Waals surface area contributed by atoms with E-state index in [0.717, 1.165) is 24.0 Å². The molecule has 1 aliphatic heterocycles. The van der Waals surface area contributed by atoms with Crippen molar-refractivity contribution in [2.45, 2.75) is 32.4 Å². The topological polar surface area (TPSA) is 50.4 Å². The van der Waals surface area contributed by atoms with Gasteiger partial charge in [-0.05, 0) is 50.1 Å². The molecule has 3 atom stereocenters. The Morgan fingerprint density at radius 2 is 2.10 bits per heavy atom. The molecule has 0 aliphatic carbocycles. The van der Waals surface area contributed by atoms with E-state index in [1.54, 1.807) is 6.92 Å². The number of piperidine rings is 1. The number of amides is 1. The van der Waals surface area contributed by atoms with Gasteiger partial charge < -0.3 is 15.4 Å². The van der Waals surface area contributed by atoms with Crippen LogP contribution in [0.1, 0.15) is 20.3 Å². The van der Waals surface area contributed by atoms with E-state index in [2.05, 4.69) is 33.5 Å². The minimum atomic E-state index is -0.495. The number of carbonyl (C=O) groups is 1. The average molecular weight is 378 g/mol. The average Bonchev–Trinajstić information content (AvgIpc) is 2.44. The van der Waals surface area contributed by atoms with Gasteiger partial charge in [0.25, 0.3) is 5.91 Å². The summed E-state index contributed by atoms with van der Waals surface area (Å²) in [5, 5.41) is 6.37. The van der Waals surface area contributed by atoms with Crippen LogP contribution < -0.4 is 15.4 Å². The van der Waals surface area contributed by atoms with E-state index < -0.39 is 6.10 Å². The Bertz CT molecular complexity index is 455. The van der Waals surface area contributed by atoms with Crippen LogP contribution in [-0.2, 0) is 4.79 Å². The van der Waals surface area contributed by atoms with Crippen molar-refractivity contribution >= 4 is 34.2 Å². The molecule has 4 nitrogen and oxygen atoms in total. The van der Waals surface area contributed by atoms with Crippen LogP contribution in [0.3, 0.4) is 0 Å². The molecule has 6 heteroatoms. The molecule has 0 aromatic heterocycles. The summed E-state index contributed by atoms with van der Waals surface area (Å²) >= 11 is 3.37. The highest BCUT2D eigenvalue weighted by atomic mass is 79.9. The summed E-state index contributed by atoms with van der Waals surface area (Å²) in [7, 11) is 0. The lowest BCUT2D eigenvalue weighted by molar-refractivity contribution is -0.128. The van der Waals surface area contributed by atoms with Gasteiger partial charge in [-0.2, -0.15) is 0 Å². The molecule has 1 aliphatic rings. The lowest BCUT2D eigenvalue weighted by Gasteiger charge is -2.31. The highest BCUT2D eigenvalue weighted by Gasteiger charge is 2.25. The molecule has 0 radical (unpaired) electrons. The fraction of sp³-hybridized carbons (Fsp3) is 0.533. The van der Waals surface area contributed by atoms with Gasteiger partial charge in [-0.1, -0.05) is 22.9 Å². The van der Waals surface area contributed by atoms with E-state index in [1.165, 1.54) is 0 Å². The third kappa shape index (κ3) is 5.49. The first-order valence-electron chi connectivity index (χ1n) is 6.99. The monoisotopic (exact) mass is 376 g/mol. The van der Waals surface area contributed by atoms with Crippen LogP contribution >= 0.6 is 28.3 Å². The van der Waals surface area contributed by atoms with Crippen LogP contribution in [-0.4, -0.2) is 31.1 Å². The molecular formula is C15H22BrClN2O2. The summed E-state index contributed by atoms with van der Waals surface area (Å²) < 4.78 is 6.64. The molecule has 0 spiro atoms. The number of hydrogen-bond donors (Lipinski definition) is 2. The molecule has 1 heterocycles. The quantitative estimate of drug-likeness (QED) is 0.848.